The molecule has 16 heavy (non-hydrogen) atoms. The molecule has 1 heteroatoms. The second-order valence-electron chi connectivity index (χ2n) is 4.82. The number of nitrogens with zero attached hydrogens (tertiary/aromatic N) is 1. The summed E-state index contributed by atoms with van der Waals surface area (Å²) in [5.41, 5.74) is 5.82. The summed E-state index contributed by atoms with van der Waals surface area (Å²) in [5.74, 6) is 0. The molecule has 0 N–H and O–H groups in total. The highest BCUT2D eigenvalue weighted by molar-refractivity contribution is 5.34. The molecule has 1 aliphatic carbocycles. The van der Waals surface area contributed by atoms with E-state index >= 15 is 0 Å². The first-order valence-electron chi connectivity index (χ1n) is 5.97. The van der Waals surface area contributed by atoms with Crippen molar-refractivity contribution in [3.8, 4) is 0 Å². The average Bonchev–Trinajstić information content (AvgIpc) is 2.82. The van der Waals surface area contributed by atoms with Gasteiger partial charge < -0.3 is 4.57 Å². The maximum absolute atomic E-state index is 2.49. The van der Waals surface area contributed by atoms with Crippen LogP contribution in [-0.4, -0.2) is 4.57 Å². The number of fused-ring (bicyclic) bond motifs is 1. The number of hydrogen-bond donors (Lipinski definition) is 0. The second kappa shape index (κ2) is 3.51. The summed E-state index contributed by atoms with van der Waals surface area (Å²) in [7, 11) is 0. The predicted octanol–water partition coefficient (Wildman–Crippen LogP) is 3.44. The van der Waals surface area contributed by atoms with E-state index in [0.717, 1.165) is 0 Å². The third kappa shape index (κ3) is 1.39. The third-order valence-corrected chi connectivity index (χ3v) is 3.72. The molecule has 1 aliphatic rings. The van der Waals surface area contributed by atoms with Crippen LogP contribution < -0.4 is 0 Å². The second-order valence-corrected chi connectivity index (χ2v) is 4.82. The van der Waals surface area contributed by atoms with Gasteiger partial charge in [0.25, 0.3) is 0 Å². The minimum absolute atomic E-state index is 0.632. The molecule has 0 saturated carbocycles. The Bertz CT molecular complexity index is 477. The molecule has 1 aromatic heterocycles. The monoisotopic (exact) mass is 211 g/mol. The average molecular weight is 211 g/mol. The highest BCUT2D eigenvalue weighted by atomic mass is 15.0. The number of hydrogen-bond acceptors (Lipinski definition) is 0. The Morgan fingerprint density at radius 3 is 1.88 bits per heavy atom. The lowest BCUT2D eigenvalue weighted by atomic mass is 10.1. The van der Waals surface area contributed by atoms with Gasteiger partial charge in [-0.3, -0.25) is 0 Å². The Morgan fingerprint density at radius 1 is 0.875 bits per heavy atom. The highest BCUT2D eigenvalue weighted by Gasteiger charge is 2.23. The molecule has 1 aromatic carbocycles. The fraction of sp³-hybridized carbons (Fsp3) is 0.333. The zero-order chi connectivity index (χ0) is 11.1. The van der Waals surface area contributed by atoms with E-state index in [1.165, 1.54) is 35.4 Å². The van der Waals surface area contributed by atoms with E-state index in [4.69, 9.17) is 0 Å². The molecule has 1 nitrogen and oxygen atoms in total. The van der Waals surface area contributed by atoms with E-state index in [0.29, 0.717) is 6.04 Å². The molecule has 0 atom stereocenters. The van der Waals surface area contributed by atoms with Crippen LogP contribution in [0, 0.1) is 13.8 Å². The minimum atomic E-state index is 0.632. The molecule has 3 rings (SSSR count). The van der Waals surface area contributed by atoms with Gasteiger partial charge in [0, 0.05) is 17.4 Å². The van der Waals surface area contributed by atoms with Crippen molar-refractivity contribution in [2.75, 3.05) is 0 Å². The summed E-state index contributed by atoms with van der Waals surface area (Å²) >= 11 is 0. The van der Waals surface area contributed by atoms with Gasteiger partial charge in [-0.1, -0.05) is 24.3 Å². The molecule has 1 heterocycles. The molecule has 0 aliphatic heterocycles. The van der Waals surface area contributed by atoms with Crippen LogP contribution in [0.5, 0.6) is 0 Å². The topological polar surface area (TPSA) is 4.93 Å². The zero-order valence-electron chi connectivity index (χ0n) is 9.90. The summed E-state index contributed by atoms with van der Waals surface area (Å²) in [5, 5.41) is 0. The lowest BCUT2D eigenvalue weighted by molar-refractivity contribution is 0.510. The first-order valence-corrected chi connectivity index (χ1v) is 5.97. The van der Waals surface area contributed by atoms with Crippen molar-refractivity contribution in [2.45, 2.75) is 32.7 Å². The third-order valence-electron chi connectivity index (χ3n) is 3.72. The normalized spacial score (nSPS) is 15.4. The van der Waals surface area contributed by atoms with Crippen molar-refractivity contribution in [3.63, 3.8) is 0 Å². The molecule has 82 valence electrons. The van der Waals surface area contributed by atoms with Crippen LogP contribution in [0.1, 0.15) is 28.6 Å². The molecule has 0 bridgehead atoms. The van der Waals surface area contributed by atoms with Gasteiger partial charge in [-0.2, -0.15) is 0 Å². The van der Waals surface area contributed by atoms with Crippen molar-refractivity contribution in [3.05, 3.63) is 58.9 Å². The van der Waals surface area contributed by atoms with Crippen LogP contribution in [0.2, 0.25) is 0 Å². The number of aryl methyl sites for hydroxylation is 2. The van der Waals surface area contributed by atoms with Gasteiger partial charge in [0.1, 0.15) is 0 Å². The summed E-state index contributed by atoms with van der Waals surface area (Å²) in [6.07, 6.45) is 2.37. The van der Waals surface area contributed by atoms with Crippen molar-refractivity contribution in [1.29, 1.82) is 0 Å². The Labute approximate surface area is 96.7 Å². The van der Waals surface area contributed by atoms with Crippen LogP contribution in [-0.2, 0) is 12.8 Å². The van der Waals surface area contributed by atoms with Gasteiger partial charge in [-0.25, -0.2) is 0 Å². The standard InChI is InChI=1S/C15H17N/c1-11-7-8-12(2)16(11)15-9-13-5-3-4-6-14(13)10-15/h3-8,15H,9-10H2,1-2H3. The molecule has 0 fully saturated rings. The fourth-order valence-electron chi connectivity index (χ4n) is 2.97. The molecule has 0 amide bonds. The molecule has 0 radical (unpaired) electrons. The van der Waals surface area contributed by atoms with Crippen molar-refractivity contribution < 1.29 is 0 Å². The number of benzene rings is 1. The van der Waals surface area contributed by atoms with Crippen LogP contribution in [0.25, 0.3) is 0 Å². The van der Waals surface area contributed by atoms with E-state index in [9.17, 15) is 0 Å². The van der Waals surface area contributed by atoms with E-state index in [2.05, 4.69) is 54.8 Å². The van der Waals surface area contributed by atoms with Crippen LogP contribution in [0.3, 0.4) is 0 Å². The Morgan fingerprint density at radius 2 is 1.38 bits per heavy atom. The molecule has 0 saturated heterocycles. The van der Waals surface area contributed by atoms with Crippen molar-refractivity contribution >= 4 is 0 Å². The van der Waals surface area contributed by atoms with Crippen LogP contribution in [0.15, 0.2) is 36.4 Å². The molecule has 0 unspecified atom stereocenters. The molecular weight excluding hydrogens is 194 g/mol. The summed E-state index contributed by atoms with van der Waals surface area (Å²) in [4.78, 5) is 0. The van der Waals surface area contributed by atoms with Gasteiger partial charge in [-0.05, 0) is 49.9 Å². The molecular formula is C15H17N. The largest absolute Gasteiger partial charge is 0.346 e. The summed E-state index contributed by atoms with van der Waals surface area (Å²) in [6.45, 7) is 4.41. The quantitative estimate of drug-likeness (QED) is 0.681. The van der Waals surface area contributed by atoms with E-state index in [1.54, 1.807) is 0 Å². The molecule has 2 aromatic rings. The first-order chi connectivity index (χ1) is 7.75. The van der Waals surface area contributed by atoms with Gasteiger partial charge in [0.05, 0.1) is 0 Å². The maximum Gasteiger partial charge on any atom is 0.0416 e. The van der Waals surface area contributed by atoms with Gasteiger partial charge >= 0.3 is 0 Å². The minimum Gasteiger partial charge on any atom is -0.346 e. The molecule has 0 spiro atoms. The van der Waals surface area contributed by atoms with E-state index < -0.39 is 0 Å². The Balaban J connectivity index is 1.97. The van der Waals surface area contributed by atoms with Crippen LogP contribution >= 0.6 is 0 Å². The number of rotatable bonds is 1. The fourth-order valence-corrected chi connectivity index (χ4v) is 2.97. The lowest BCUT2D eigenvalue weighted by Crippen LogP contribution is -2.11. The van der Waals surface area contributed by atoms with Crippen molar-refractivity contribution in [2.24, 2.45) is 0 Å². The lowest BCUT2D eigenvalue weighted by Gasteiger charge is -2.17. The number of aromatic nitrogens is 1. The summed E-state index contributed by atoms with van der Waals surface area (Å²) in [6, 6.07) is 13.9. The SMILES string of the molecule is Cc1ccc(C)n1C1Cc2ccccc2C1. The maximum atomic E-state index is 2.49. The summed E-state index contributed by atoms with van der Waals surface area (Å²) < 4.78 is 2.49. The van der Waals surface area contributed by atoms with Crippen LogP contribution in [0.4, 0.5) is 0 Å². The van der Waals surface area contributed by atoms with E-state index in [-0.39, 0.29) is 0 Å². The smallest absolute Gasteiger partial charge is 0.0416 e. The highest BCUT2D eigenvalue weighted by Crippen LogP contribution is 2.31. The Hall–Kier alpha value is -1.50. The van der Waals surface area contributed by atoms with Crippen molar-refractivity contribution in [1.82, 2.24) is 4.57 Å². The first kappa shape index (κ1) is 9.71. The predicted molar refractivity (Wildman–Crippen MR) is 66.8 cm³/mol. The Kier molecular flexibility index (Phi) is 2.13. The van der Waals surface area contributed by atoms with Gasteiger partial charge in [-0.15, -0.1) is 0 Å². The van der Waals surface area contributed by atoms with E-state index in [1.807, 2.05) is 0 Å². The zero-order valence-corrected chi connectivity index (χ0v) is 9.90. The van der Waals surface area contributed by atoms with Gasteiger partial charge in [0.2, 0.25) is 0 Å². The van der Waals surface area contributed by atoms with Gasteiger partial charge in [0.15, 0.2) is 0 Å².